The number of amides is 2. The van der Waals surface area contributed by atoms with Crippen LogP contribution in [0.3, 0.4) is 0 Å². The lowest BCUT2D eigenvalue weighted by atomic mass is 9.68. The number of carbonyl (C=O) groups excluding carboxylic acids is 2. The average molecular weight is 532 g/mol. The number of benzene rings is 3. The van der Waals surface area contributed by atoms with E-state index in [1.54, 1.807) is 29.0 Å². The summed E-state index contributed by atoms with van der Waals surface area (Å²) in [5, 5.41) is 11.5. The SMILES string of the molecule is COc1ccc2c3c(n(C)c2c1)[C@@H](CO)N(C(=O)c1cccc(F)c1)CC31CN(C(=O)c2cccc(F)c2)C1. The molecule has 1 aromatic heterocycles. The number of hydrogen-bond acceptors (Lipinski definition) is 4. The van der Waals surface area contributed by atoms with Gasteiger partial charge in [-0.3, -0.25) is 9.59 Å². The van der Waals surface area contributed by atoms with E-state index in [4.69, 9.17) is 4.74 Å². The monoisotopic (exact) mass is 531 g/mol. The van der Waals surface area contributed by atoms with Gasteiger partial charge in [0.1, 0.15) is 17.4 Å². The van der Waals surface area contributed by atoms with E-state index in [2.05, 4.69) is 0 Å². The van der Waals surface area contributed by atoms with Gasteiger partial charge in [0.25, 0.3) is 11.8 Å². The van der Waals surface area contributed by atoms with Crippen molar-refractivity contribution in [1.29, 1.82) is 0 Å². The molecular weight excluding hydrogens is 504 g/mol. The number of aryl methyl sites for hydroxylation is 1. The standard InChI is InChI=1S/C30H27F2N3O4/c1-33-24-13-22(39-2)9-10-23(24)26-27(33)25(14-36)35(29(38)19-6-4-8-21(32)12-19)17-30(26)15-34(16-30)28(37)18-5-3-7-20(31)11-18/h3-13,25,36H,14-17H2,1-2H3/t25-/m1/s1. The predicted octanol–water partition coefficient (Wildman–Crippen LogP) is 4.05. The first-order valence-electron chi connectivity index (χ1n) is 12.7. The molecule has 7 nitrogen and oxygen atoms in total. The minimum atomic E-state index is -0.683. The first kappa shape index (κ1) is 25.1. The maximum atomic E-state index is 14.0. The molecule has 2 aliphatic rings. The molecule has 0 bridgehead atoms. The van der Waals surface area contributed by atoms with Crippen LogP contribution < -0.4 is 4.74 Å². The molecule has 2 amide bonds. The summed E-state index contributed by atoms with van der Waals surface area (Å²) >= 11 is 0. The second kappa shape index (κ2) is 9.20. The minimum Gasteiger partial charge on any atom is -0.497 e. The van der Waals surface area contributed by atoms with Gasteiger partial charge in [-0.1, -0.05) is 12.1 Å². The summed E-state index contributed by atoms with van der Waals surface area (Å²) in [6, 6.07) is 16.1. The van der Waals surface area contributed by atoms with E-state index in [1.807, 2.05) is 29.8 Å². The quantitative estimate of drug-likeness (QED) is 0.431. The van der Waals surface area contributed by atoms with Crippen LogP contribution >= 0.6 is 0 Å². The van der Waals surface area contributed by atoms with Crippen molar-refractivity contribution >= 4 is 22.7 Å². The summed E-state index contributed by atoms with van der Waals surface area (Å²) < 4.78 is 35.3. The zero-order valence-electron chi connectivity index (χ0n) is 21.5. The van der Waals surface area contributed by atoms with Crippen molar-refractivity contribution in [3.63, 3.8) is 0 Å². The molecule has 200 valence electrons. The van der Waals surface area contributed by atoms with E-state index in [0.717, 1.165) is 22.2 Å². The molecule has 0 unspecified atom stereocenters. The van der Waals surface area contributed by atoms with Crippen molar-refractivity contribution in [2.75, 3.05) is 33.4 Å². The Morgan fingerprint density at radius 1 is 0.949 bits per heavy atom. The molecule has 1 fully saturated rings. The van der Waals surface area contributed by atoms with Crippen LogP contribution in [0.4, 0.5) is 8.78 Å². The Bertz CT molecular complexity index is 1630. The van der Waals surface area contributed by atoms with E-state index in [0.29, 0.717) is 18.8 Å². The lowest BCUT2D eigenvalue weighted by Gasteiger charge is -2.56. The van der Waals surface area contributed by atoms with Crippen molar-refractivity contribution in [1.82, 2.24) is 14.4 Å². The van der Waals surface area contributed by atoms with Gasteiger partial charge in [0, 0.05) is 55.0 Å². The second-order valence-electron chi connectivity index (χ2n) is 10.3. The van der Waals surface area contributed by atoms with Gasteiger partial charge >= 0.3 is 0 Å². The van der Waals surface area contributed by atoms with E-state index >= 15 is 0 Å². The molecule has 0 aliphatic carbocycles. The van der Waals surface area contributed by atoms with Gasteiger partial charge in [0.2, 0.25) is 0 Å². The van der Waals surface area contributed by atoms with Crippen LogP contribution in [0.2, 0.25) is 0 Å². The summed E-state index contributed by atoms with van der Waals surface area (Å²) in [5.74, 6) is -1.05. The highest BCUT2D eigenvalue weighted by Crippen LogP contribution is 2.50. The summed E-state index contributed by atoms with van der Waals surface area (Å²) in [4.78, 5) is 30.2. The summed E-state index contributed by atoms with van der Waals surface area (Å²) in [7, 11) is 3.46. The molecule has 2 aliphatic heterocycles. The number of nitrogens with zero attached hydrogens (tertiary/aromatic N) is 3. The number of ether oxygens (including phenoxy) is 1. The summed E-state index contributed by atoms with van der Waals surface area (Å²) in [5.41, 5.74) is 2.39. The number of hydrogen-bond donors (Lipinski definition) is 1. The lowest BCUT2D eigenvalue weighted by Crippen LogP contribution is -2.68. The Balaban J connectivity index is 1.47. The number of methoxy groups -OCH3 is 1. The van der Waals surface area contributed by atoms with Crippen LogP contribution in [0.15, 0.2) is 66.7 Å². The Morgan fingerprint density at radius 2 is 1.59 bits per heavy atom. The normalized spacial score (nSPS) is 17.7. The predicted molar refractivity (Wildman–Crippen MR) is 141 cm³/mol. The van der Waals surface area contributed by atoms with Crippen molar-refractivity contribution < 1.29 is 28.2 Å². The smallest absolute Gasteiger partial charge is 0.254 e. The first-order chi connectivity index (χ1) is 18.8. The minimum absolute atomic E-state index is 0.180. The molecule has 1 N–H and O–H groups in total. The molecular formula is C30H27F2N3O4. The van der Waals surface area contributed by atoms with Gasteiger partial charge in [-0.25, -0.2) is 8.78 Å². The van der Waals surface area contributed by atoms with Crippen molar-refractivity contribution in [3.05, 3.63) is 101 Å². The maximum absolute atomic E-state index is 14.0. The Hall–Kier alpha value is -4.24. The van der Waals surface area contributed by atoms with Gasteiger partial charge in [0.05, 0.1) is 30.7 Å². The number of fused-ring (bicyclic) bond motifs is 4. The summed E-state index contributed by atoms with van der Waals surface area (Å²) in [6.45, 7) is 0.479. The van der Waals surface area contributed by atoms with Crippen molar-refractivity contribution in [2.24, 2.45) is 7.05 Å². The maximum Gasteiger partial charge on any atom is 0.254 e. The van der Waals surface area contributed by atoms with E-state index in [1.165, 1.54) is 36.4 Å². The fraction of sp³-hybridized carbons (Fsp3) is 0.267. The molecule has 4 aromatic rings. The topological polar surface area (TPSA) is 75.0 Å². The van der Waals surface area contributed by atoms with Crippen LogP contribution in [0.25, 0.3) is 10.9 Å². The van der Waals surface area contributed by atoms with Crippen LogP contribution in [0, 0.1) is 11.6 Å². The zero-order valence-corrected chi connectivity index (χ0v) is 21.5. The molecule has 1 spiro atoms. The number of likely N-dealkylation sites (tertiary alicyclic amines) is 1. The third kappa shape index (κ3) is 3.87. The van der Waals surface area contributed by atoms with Crippen molar-refractivity contribution in [2.45, 2.75) is 11.5 Å². The van der Waals surface area contributed by atoms with Gasteiger partial charge in [0.15, 0.2) is 0 Å². The van der Waals surface area contributed by atoms with Crippen molar-refractivity contribution in [3.8, 4) is 5.75 Å². The largest absolute Gasteiger partial charge is 0.497 e. The third-order valence-electron chi connectivity index (χ3n) is 8.00. The van der Waals surface area contributed by atoms with Crippen LogP contribution in [0.5, 0.6) is 5.75 Å². The van der Waals surface area contributed by atoms with E-state index in [9.17, 15) is 23.5 Å². The van der Waals surface area contributed by atoms with Crippen LogP contribution in [-0.4, -0.2) is 64.6 Å². The van der Waals surface area contributed by atoms with Crippen LogP contribution in [-0.2, 0) is 12.5 Å². The molecule has 3 heterocycles. The van der Waals surface area contributed by atoms with Gasteiger partial charge < -0.3 is 24.2 Å². The number of aromatic nitrogens is 1. The fourth-order valence-corrected chi connectivity index (χ4v) is 6.25. The average Bonchev–Trinajstić information content (AvgIpc) is 3.22. The molecule has 0 saturated carbocycles. The highest BCUT2D eigenvalue weighted by atomic mass is 19.1. The molecule has 0 radical (unpaired) electrons. The number of halogens is 2. The molecule has 6 rings (SSSR count). The highest BCUT2D eigenvalue weighted by molar-refractivity contribution is 5.98. The third-order valence-corrected chi connectivity index (χ3v) is 8.00. The summed E-state index contributed by atoms with van der Waals surface area (Å²) in [6.07, 6.45) is 0. The van der Waals surface area contributed by atoms with Gasteiger partial charge in [-0.05, 0) is 54.1 Å². The Morgan fingerprint density at radius 3 is 2.18 bits per heavy atom. The highest BCUT2D eigenvalue weighted by Gasteiger charge is 2.55. The Labute approximate surface area is 223 Å². The van der Waals surface area contributed by atoms with E-state index in [-0.39, 0.29) is 30.2 Å². The number of aliphatic hydroxyl groups is 1. The number of carbonyl (C=O) groups is 2. The van der Waals surface area contributed by atoms with E-state index < -0.39 is 29.0 Å². The van der Waals surface area contributed by atoms with Gasteiger partial charge in [-0.2, -0.15) is 0 Å². The zero-order chi connectivity index (χ0) is 27.5. The lowest BCUT2D eigenvalue weighted by molar-refractivity contribution is 0.00231. The van der Waals surface area contributed by atoms with Crippen LogP contribution in [0.1, 0.15) is 38.0 Å². The van der Waals surface area contributed by atoms with Gasteiger partial charge in [-0.15, -0.1) is 0 Å². The first-order valence-corrected chi connectivity index (χ1v) is 12.7. The molecule has 3 aromatic carbocycles. The molecule has 1 saturated heterocycles. The molecule has 39 heavy (non-hydrogen) atoms. The number of aliphatic hydroxyl groups excluding tert-OH is 1. The Kier molecular flexibility index (Phi) is 5.91. The molecule has 9 heteroatoms. The second-order valence-corrected chi connectivity index (χ2v) is 10.3. The molecule has 1 atom stereocenters. The number of rotatable bonds is 4. The fourth-order valence-electron chi connectivity index (χ4n) is 6.25.